The molecule has 0 bridgehead atoms. The van der Waals surface area contributed by atoms with Crippen LogP contribution in [0.4, 0.5) is 26.7 Å². The van der Waals surface area contributed by atoms with Crippen LogP contribution >= 0.6 is 24.0 Å². The minimum Gasteiger partial charge on any atom is -0.443 e. The van der Waals surface area contributed by atoms with Crippen LogP contribution in [0, 0.1) is 0 Å². The zero-order chi connectivity index (χ0) is 15.1. The molecule has 0 spiro atoms. The number of halogens is 7. The number of benzene rings is 1. The fourth-order valence-electron chi connectivity index (χ4n) is 1.76. The number of hydrogen-bond donors (Lipinski definition) is 1. The molecule has 10 heteroatoms. The molecule has 1 fully saturated rings. The first-order valence-corrected chi connectivity index (χ1v) is 5.67. The van der Waals surface area contributed by atoms with E-state index in [0.717, 1.165) is 6.07 Å². The molecule has 21 heavy (non-hydrogen) atoms. The van der Waals surface area contributed by atoms with Crippen molar-refractivity contribution in [3.05, 3.63) is 34.3 Å². The quantitative estimate of drug-likeness (QED) is 0.770. The predicted molar refractivity (Wildman–Crippen MR) is 65.9 cm³/mol. The van der Waals surface area contributed by atoms with Gasteiger partial charge in [-0.15, -0.1) is 12.4 Å². The van der Waals surface area contributed by atoms with E-state index in [-0.39, 0.29) is 17.4 Å². The Morgan fingerprint density at radius 3 is 2.52 bits per heavy atom. The lowest BCUT2D eigenvalue weighted by Gasteiger charge is -2.32. The summed E-state index contributed by atoms with van der Waals surface area (Å²) in [6.45, 7) is -1.23. The van der Waals surface area contributed by atoms with Crippen LogP contribution in [0.25, 0.3) is 0 Å². The Bertz CT molecular complexity index is 550. The molecule has 1 atom stereocenters. The lowest BCUT2D eigenvalue weighted by Crippen LogP contribution is -2.49. The number of hydrogen-bond acceptors (Lipinski definition) is 2. The normalized spacial score (nSPS) is 21.0. The highest BCUT2D eigenvalue weighted by molar-refractivity contribution is 6.31. The lowest BCUT2D eigenvalue weighted by molar-refractivity contribution is -0.138. The molecule has 1 aliphatic heterocycles. The number of rotatable bonds is 1. The fourth-order valence-corrected chi connectivity index (χ4v) is 1.98. The van der Waals surface area contributed by atoms with Crippen LogP contribution in [0.15, 0.2) is 18.2 Å². The zero-order valence-electron chi connectivity index (χ0n) is 10.0. The molecule has 0 aliphatic carbocycles. The Morgan fingerprint density at radius 1 is 1.33 bits per heavy atom. The standard InChI is InChI=1S/C11H7ClF5NO2.ClH/c12-7-2-1-5(11(15,16)17)3-6(7)8-10(13,14)4-20-9(19)18-8;/h1-3,8H,4H2,(H,18,19);1H/t8-;/m1./s1. The van der Waals surface area contributed by atoms with Gasteiger partial charge in [-0.05, 0) is 23.8 Å². The van der Waals surface area contributed by atoms with Gasteiger partial charge in [0.05, 0.1) is 5.56 Å². The Kier molecular flexibility index (Phi) is 4.94. The summed E-state index contributed by atoms with van der Waals surface area (Å²) in [4.78, 5) is 11.0. The third-order valence-electron chi connectivity index (χ3n) is 2.71. The Hall–Kier alpha value is -1.28. The van der Waals surface area contributed by atoms with Gasteiger partial charge in [0.1, 0.15) is 6.04 Å². The van der Waals surface area contributed by atoms with Crippen molar-refractivity contribution in [2.24, 2.45) is 0 Å². The number of nitrogens with one attached hydrogen (secondary N) is 1. The molecule has 1 aromatic carbocycles. The molecule has 0 unspecified atom stereocenters. The minimum atomic E-state index is -4.70. The number of alkyl carbamates (subject to hydrolysis) is 1. The summed E-state index contributed by atoms with van der Waals surface area (Å²) >= 11 is 5.66. The van der Waals surface area contributed by atoms with E-state index in [0.29, 0.717) is 12.1 Å². The zero-order valence-corrected chi connectivity index (χ0v) is 11.6. The number of amides is 1. The highest BCUT2D eigenvalue weighted by Gasteiger charge is 2.48. The average molecular weight is 352 g/mol. The van der Waals surface area contributed by atoms with E-state index in [2.05, 4.69) is 4.74 Å². The first kappa shape index (κ1) is 17.8. The molecule has 1 aliphatic rings. The lowest BCUT2D eigenvalue weighted by atomic mass is 9.98. The molecule has 1 aromatic rings. The van der Waals surface area contributed by atoms with Gasteiger partial charge in [0.25, 0.3) is 0 Å². The molecule has 0 saturated carbocycles. The second-order valence-electron chi connectivity index (χ2n) is 4.15. The smallest absolute Gasteiger partial charge is 0.416 e. The molecule has 118 valence electrons. The van der Waals surface area contributed by atoms with Crippen LogP contribution in [0.3, 0.4) is 0 Å². The molecular weight excluding hydrogens is 344 g/mol. The highest BCUT2D eigenvalue weighted by Crippen LogP contribution is 2.40. The van der Waals surface area contributed by atoms with Crippen LogP contribution in [0.2, 0.25) is 5.02 Å². The maximum Gasteiger partial charge on any atom is 0.416 e. The molecule has 1 saturated heterocycles. The second-order valence-corrected chi connectivity index (χ2v) is 4.56. The number of carbonyl (C=O) groups is 1. The van der Waals surface area contributed by atoms with Crippen LogP contribution in [-0.2, 0) is 10.9 Å². The van der Waals surface area contributed by atoms with Crippen molar-refractivity contribution in [1.29, 1.82) is 0 Å². The second kappa shape index (κ2) is 5.84. The van der Waals surface area contributed by atoms with E-state index >= 15 is 0 Å². The summed E-state index contributed by atoms with van der Waals surface area (Å²) in [5.41, 5.74) is -1.64. The summed E-state index contributed by atoms with van der Waals surface area (Å²) in [5, 5.41) is 1.48. The van der Waals surface area contributed by atoms with Crippen LogP contribution in [-0.4, -0.2) is 18.6 Å². The van der Waals surface area contributed by atoms with Crippen molar-refractivity contribution >= 4 is 30.1 Å². The average Bonchev–Trinajstić information content (AvgIpc) is 2.32. The largest absolute Gasteiger partial charge is 0.443 e. The van der Waals surface area contributed by atoms with Crippen molar-refractivity contribution in [3.63, 3.8) is 0 Å². The molecule has 0 aromatic heterocycles. The van der Waals surface area contributed by atoms with Gasteiger partial charge >= 0.3 is 18.2 Å². The number of cyclic esters (lactones) is 1. The van der Waals surface area contributed by atoms with E-state index < -0.39 is 42.0 Å². The van der Waals surface area contributed by atoms with E-state index in [9.17, 15) is 26.7 Å². The van der Waals surface area contributed by atoms with Gasteiger partial charge in [-0.25, -0.2) is 13.6 Å². The van der Waals surface area contributed by atoms with Gasteiger partial charge in [-0.1, -0.05) is 11.6 Å². The van der Waals surface area contributed by atoms with E-state index in [1.165, 1.54) is 0 Å². The maximum atomic E-state index is 13.7. The third-order valence-corrected chi connectivity index (χ3v) is 3.06. The summed E-state index contributed by atoms with van der Waals surface area (Å²) in [6, 6.07) is 0.0493. The predicted octanol–water partition coefficient (Wildman–Crippen LogP) is 4.20. The highest BCUT2D eigenvalue weighted by atomic mass is 35.5. The first-order valence-electron chi connectivity index (χ1n) is 5.29. The topological polar surface area (TPSA) is 38.3 Å². The van der Waals surface area contributed by atoms with Gasteiger partial charge in [-0.3, -0.25) is 0 Å². The number of carbonyl (C=O) groups excluding carboxylic acids is 1. The molecule has 0 radical (unpaired) electrons. The summed E-state index contributed by atoms with van der Waals surface area (Å²) in [6.07, 6.45) is -5.85. The Labute approximate surface area is 126 Å². The first-order chi connectivity index (χ1) is 9.11. The van der Waals surface area contributed by atoms with Crippen LogP contribution < -0.4 is 5.32 Å². The maximum absolute atomic E-state index is 13.7. The summed E-state index contributed by atoms with van der Waals surface area (Å²) < 4.78 is 69.2. The van der Waals surface area contributed by atoms with Crippen molar-refractivity contribution in [2.45, 2.75) is 18.1 Å². The van der Waals surface area contributed by atoms with Crippen molar-refractivity contribution < 1.29 is 31.5 Å². The Morgan fingerprint density at radius 2 is 1.95 bits per heavy atom. The third kappa shape index (κ3) is 3.68. The van der Waals surface area contributed by atoms with Crippen molar-refractivity contribution in [3.8, 4) is 0 Å². The fraction of sp³-hybridized carbons (Fsp3) is 0.364. The molecule has 2 rings (SSSR count). The molecule has 1 amide bonds. The SMILES string of the molecule is Cl.O=C1N[C@H](c2cc(C(F)(F)F)ccc2Cl)C(F)(F)CO1. The monoisotopic (exact) mass is 351 g/mol. The molecule has 1 N–H and O–H groups in total. The van der Waals surface area contributed by atoms with E-state index in [1.54, 1.807) is 5.32 Å². The van der Waals surface area contributed by atoms with Crippen LogP contribution in [0.1, 0.15) is 17.2 Å². The van der Waals surface area contributed by atoms with Crippen LogP contribution in [0.5, 0.6) is 0 Å². The van der Waals surface area contributed by atoms with Gasteiger partial charge < -0.3 is 10.1 Å². The van der Waals surface area contributed by atoms with E-state index in [1.807, 2.05) is 0 Å². The van der Waals surface area contributed by atoms with Gasteiger partial charge in [0.2, 0.25) is 0 Å². The van der Waals surface area contributed by atoms with E-state index in [4.69, 9.17) is 11.6 Å². The van der Waals surface area contributed by atoms with Gasteiger partial charge in [0.15, 0.2) is 6.61 Å². The number of alkyl halides is 5. The number of ether oxygens (including phenoxy) is 1. The minimum absolute atomic E-state index is 0. The Balaban J connectivity index is 0.00000220. The summed E-state index contributed by atoms with van der Waals surface area (Å²) in [7, 11) is 0. The van der Waals surface area contributed by atoms with Gasteiger partial charge in [0, 0.05) is 5.02 Å². The van der Waals surface area contributed by atoms with Gasteiger partial charge in [-0.2, -0.15) is 13.2 Å². The van der Waals surface area contributed by atoms with Crippen molar-refractivity contribution in [2.75, 3.05) is 6.61 Å². The molecule has 1 heterocycles. The molecule has 3 nitrogen and oxygen atoms in total. The van der Waals surface area contributed by atoms with Crippen molar-refractivity contribution in [1.82, 2.24) is 5.32 Å². The molecular formula is C11H8Cl2F5NO2. The summed E-state index contributed by atoms with van der Waals surface area (Å²) in [5.74, 6) is -3.57.